The lowest BCUT2D eigenvalue weighted by molar-refractivity contribution is 0.332. The van der Waals surface area contributed by atoms with Gasteiger partial charge in [-0.3, -0.25) is 0 Å². The molecule has 0 bridgehead atoms. The first-order chi connectivity index (χ1) is 8.42. The second-order valence-electron chi connectivity index (χ2n) is 6.16. The molecule has 1 rings (SSSR count). The van der Waals surface area contributed by atoms with E-state index in [-0.39, 0.29) is 0 Å². The van der Waals surface area contributed by atoms with Gasteiger partial charge in [0.1, 0.15) is 0 Å². The molecule has 1 aromatic rings. The van der Waals surface area contributed by atoms with Crippen LogP contribution in [0, 0.1) is 5.41 Å². The molecule has 1 aromatic carbocycles. The number of benzene rings is 1. The third-order valence-corrected chi connectivity index (χ3v) is 3.62. The molecule has 1 N–H and O–H groups in total. The molecule has 1 atom stereocenters. The van der Waals surface area contributed by atoms with Gasteiger partial charge in [-0.15, -0.1) is 0 Å². The van der Waals surface area contributed by atoms with Crippen molar-refractivity contribution in [3.8, 4) is 0 Å². The van der Waals surface area contributed by atoms with Crippen molar-refractivity contribution >= 4 is 15.9 Å². The van der Waals surface area contributed by atoms with Crippen LogP contribution in [0.25, 0.3) is 0 Å². The van der Waals surface area contributed by atoms with Crippen LogP contribution in [0.4, 0.5) is 0 Å². The second kappa shape index (κ2) is 7.30. The van der Waals surface area contributed by atoms with Gasteiger partial charge in [0.25, 0.3) is 0 Å². The fourth-order valence-electron chi connectivity index (χ4n) is 1.98. The van der Waals surface area contributed by atoms with E-state index in [2.05, 4.69) is 73.2 Å². The van der Waals surface area contributed by atoms with Crippen molar-refractivity contribution in [2.75, 3.05) is 6.54 Å². The molecule has 0 aliphatic rings. The number of hydrogen-bond acceptors (Lipinski definition) is 1. The summed E-state index contributed by atoms with van der Waals surface area (Å²) in [7, 11) is 0. The molecule has 0 fully saturated rings. The molecule has 0 saturated heterocycles. The van der Waals surface area contributed by atoms with E-state index in [4.69, 9.17) is 0 Å². The summed E-state index contributed by atoms with van der Waals surface area (Å²) >= 11 is 3.50. The lowest BCUT2D eigenvalue weighted by Gasteiger charge is -2.24. The molecular weight excluding hydrogens is 286 g/mol. The zero-order valence-corrected chi connectivity index (χ0v) is 13.7. The lowest BCUT2D eigenvalue weighted by Crippen LogP contribution is -2.23. The normalized spacial score (nSPS) is 13.6. The molecular formula is C16H26BrN. The largest absolute Gasteiger partial charge is 0.310 e. The van der Waals surface area contributed by atoms with E-state index in [0.717, 1.165) is 11.0 Å². The van der Waals surface area contributed by atoms with Crippen molar-refractivity contribution in [3.63, 3.8) is 0 Å². The molecule has 0 aliphatic heterocycles. The number of rotatable bonds is 6. The minimum atomic E-state index is 0.404. The van der Waals surface area contributed by atoms with Crippen LogP contribution in [0.2, 0.25) is 0 Å². The topological polar surface area (TPSA) is 12.0 Å². The highest BCUT2D eigenvalue weighted by Crippen LogP contribution is 2.28. The first-order valence-electron chi connectivity index (χ1n) is 6.91. The van der Waals surface area contributed by atoms with Gasteiger partial charge in [-0.05, 0) is 48.9 Å². The van der Waals surface area contributed by atoms with Gasteiger partial charge < -0.3 is 5.32 Å². The van der Waals surface area contributed by atoms with Gasteiger partial charge in [-0.1, -0.05) is 55.8 Å². The van der Waals surface area contributed by atoms with E-state index in [9.17, 15) is 0 Å². The molecule has 0 amide bonds. The Morgan fingerprint density at radius 1 is 1.17 bits per heavy atom. The smallest absolute Gasteiger partial charge is 0.0320 e. The van der Waals surface area contributed by atoms with Crippen LogP contribution in [0.15, 0.2) is 28.7 Å². The Hall–Kier alpha value is -0.340. The molecule has 0 radical (unpaired) electrons. The highest BCUT2D eigenvalue weighted by Gasteiger charge is 2.16. The van der Waals surface area contributed by atoms with E-state index < -0.39 is 0 Å². The monoisotopic (exact) mass is 311 g/mol. The summed E-state index contributed by atoms with van der Waals surface area (Å²) in [6.45, 7) is 10.2. The summed E-state index contributed by atoms with van der Waals surface area (Å²) in [6.07, 6.45) is 3.62. The van der Waals surface area contributed by atoms with E-state index in [1.807, 2.05) is 0 Å². The summed E-state index contributed by atoms with van der Waals surface area (Å²) in [5.41, 5.74) is 1.80. The molecule has 0 aliphatic carbocycles. The SMILES string of the molecule is CCCNC(CCC(C)(C)C)c1ccc(Br)cc1. The highest BCUT2D eigenvalue weighted by atomic mass is 79.9. The maximum Gasteiger partial charge on any atom is 0.0320 e. The Kier molecular flexibility index (Phi) is 6.37. The summed E-state index contributed by atoms with van der Waals surface area (Å²) < 4.78 is 1.15. The second-order valence-corrected chi connectivity index (χ2v) is 7.07. The minimum Gasteiger partial charge on any atom is -0.310 e. The Morgan fingerprint density at radius 2 is 1.78 bits per heavy atom. The zero-order valence-electron chi connectivity index (χ0n) is 12.1. The predicted octanol–water partition coefficient (Wildman–Crippen LogP) is 5.32. The summed E-state index contributed by atoms with van der Waals surface area (Å²) in [6, 6.07) is 9.19. The quantitative estimate of drug-likeness (QED) is 0.750. The van der Waals surface area contributed by atoms with Crippen LogP contribution in [0.5, 0.6) is 0 Å². The number of halogens is 1. The molecule has 0 saturated carbocycles. The fourth-order valence-corrected chi connectivity index (χ4v) is 2.24. The van der Waals surface area contributed by atoms with Gasteiger partial charge in [0.05, 0.1) is 0 Å². The molecule has 2 heteroatoms. The van der Waals surface area contributed by atoms with Crippen molar-refractivity contribution in [1.82, 2.24) is 5.32 Å². The van der Waals surface area contributed by atoms with Crippen molar-refractivity contribution in [2.45, 2.75) is 53.0 Å². The van der Waals surface area contributed by atoms with Gasteiger partial charge >= 0.3 is 0 Å². The van der Waals surface area contributed by atoms with E-state index in [0.29, 0.717) is 11.5 Å². The van der Waals surface area contributed by atoms with Gasteiger partial charge in [0.15, 0.2) is 0 Å². The maximum atomic E-state index is 3.66. The lowest BCUT2D eigenvalue weighted by atomic mass is 9.87. The third-order valence-electron chi connectivity index (χ3n) is 3.10. The number of nitrogens with one attached hydrogen (secondary N) is 1. The van der Waals surface area contributed by atoms with E-state index >= 15 is 0 Å². The van der Waals surface area contributed by atoms with Gasteiger partial charge in [-0.2, -0.15) is 0 Å². The Labute approximate surface area is 120 Å². The molecule has 0 spiro atoms. The third kappa shape index (κ3) is 6.01. The summed E-state index contributed by atoms with van der Waals surface area (Å²) in [4.78, 5) is 0. The van der Waals surface area contributed by atoms with Crippen molar-refractivity contribution in [3.05, 3.63) is 34.3 Å². The van der Waals surface area contributed by atoms with Gasteiger partial charge in [0, 0.05) is 10.5 Å². The standard InChI is InChI=1S/C16H26BrN/c1-5-12-18-15(10-11-16(2,3)4)13-6-8-14(17)9-7-13/h6-9,15,18H,5,10-12H2,1-4H3. The summed E-state index contributed by atoms with van der Waals surface area (Å²) in [5, 5.41) is 3.66. The summed E-state index contributed by atoms with van der Waals surface area (Å²) in [5.74, 6) is 0. The van der Waals surface area contributed by atoms with E-state index in [1.165, 1.54) is 24.8 Å². The molecule has 1 nitrogen and oxygen atoms in total. The van der Waals surface area contributed by atoms with Gasteiger partial charge in [-0.25, -0.2) is 0 Å². The minimum absolute atomic E-state index is 0.404. The Morgan fingerprint density at radius 3 is 2.28 bits per heavy atom. The van der Waals surface area contributed by atoms with Crippen molar-refractivity contribution in [1.29, 1.82) is 0 Å². The average molecular weight is 312 g/mol. The molecule has 0 aromatic heterocycles. The molecule has 0 heterocycles. The first kappa shape index (κ1) is 15.7. The zero-order chi connectivity index (χ0) is 13.6. The molecule has 18 heavy (non-hydrogen) atoms. The van der Waals surface area contributed by atoms with Crippen LogP contribution in [0.1, 0.15) is 58.6 Å². The van der Waals surface area contributed by atoms with Crippen LogP contribution >= 0.6 is 15.9 Å². The molecule has 1 unspecified atom stereocenters. The maximum absolute atomic E-state index is 3.66. The Bertz CT molecular complexity index is 337. The average Bonchev–Trinajstić information content (AvgIpc) is 2.29. The highest BCUT2D eigenvalue weighted by molar-refractivity contribution is 9.10. The Balaban J connectivity index is 2.68. The van der Waals surface area contributed by atoms with Crippen LogP contribution in [0.3, 0.4) is 0 Å². The van der Waals surface area contributed by atoms with Crippen LogP contribution in [-0.4, -0.2) is 6.54 Å². The number of hydrogen-bond donors (Lipinski definition) is 1. The van der Waals surface area contributed by atoms with Gasteiger partial charge in [0.2, 0.25) is 0 Å². The van der Waals surface area contributed by atoms with Crippen LogP contribution in [-0.2, 0) is 0 Å². The van der Waals surface area contributed by atoms with Crippen molar-refractivity contribution in [2.24, 2.45) is 5.41 Å². The van der Waals surface area contributed by atoms with E-state index in [1.54, 1.807) is 0 Å². The molecule has 102 valence electrons. The fraction of sp³-hybridized carbons (Fsp3) is 0.625. The van der Waals surface area contributed by atoms with Crippen molar-refractivity contribution < 1.29 is 0 Å². The first-order valence-corrected chi connectivity index (χ1v) is 7.70. The van der Waals surface area contributed by atoms with Crippen LogP contribution < -0.4 is 5.32 Å². The predicted molar refractivity (Wildman–Crippen MR) is 83.9 cm³/mol.